The first-order valence-electron chi connectivity index (χ1n) is 7.52. The minimum atomic E-state index is -0.319. The zero-order chi connectivity index (χ0) is 13.7. The number of carbonyl (C=O) groups is 1. The van der Waals surface area contributed by atoms with Gasteiger partial charge in [-0.25, -0.2) is 0 Å². The van der Waals surface area contributed by atoms with Gasteiger partial charge in [-0.05, 0) is 31.8 Å². The summed E-state index contributed by atoms with van der Waals surface area (Å²) >= 11 is 0. The van der Waals surface area contributed by atoms with Crippen molar-refractivity contribution in [3.8, 4) is 0 Å². The zero-order valence-electron chi connectivity index (χ0n) is 12.2. The average molecular weight is 269 g/mol. The van der Waals surface area contributed by atoms with Gasteiger partial charge >= 0.3 is 0 Å². The van der Waals surface area contributed by atoms with Crippen LogP contribution < -0.4 is 10.6 Å². The van der Waals surface area contributed by atoms with Gasteiger partial charge in [0.15, 0.2) is 0 Å². The molecule has 0 bridgehead atoms. The van der Waals surface area contributed by atoms with Crippen molar-refractivity contribution in [2.45, 2.75) is 38.8 Å². The number of amides is 1. The first-order valence-corrected chi connectivity index (χ1v) is 7.52. The number of rotatable bonds is 5. The Balaban J connectivity index is 1.79. The summed E-state index contributed by atoms with van der Waals surface area (Å²) in [7, 11) is 0. The van der Waals surface area contributed by atoms with E-state index < -0.39 is 0 Å². The van der Waals surface area contributed by atoms with Crippen LogP contribution in [0.15, 0.2) is 0 Å². The molecule has 0 aromatic rings. The van der Waals surface area contributed by atoms with E-state index in [0.29, 0.717) is 25.1 Å². The van der Waals surface area contributed by atoms with Crippen molar-refractivity contribution in [1.29, 1.82) is 0 Å². The molecule has 19 heavy (non-hydrogen) atoms. The molecule has 2 aliphatic rings. The SMILES string of the molecule is CC(C)C(CNC(=O)C1CNCCO1)N1CCCC1. The molecule has 2 saturated heterocycles. The molecule has 2 unspecified atom stereocenters. The third-order valence-electron chi connectivity index (χ3n) is 4.08. The molecule has 0 aliphatic carbocycles. The third kappa shape index (κ3) is 4.16. The molecule has 2 atom stereocenters. The van der Waals surface area contributed by atoms with Gasteiger partial charge in [-0.15, -0.1) is 0 Å². The van der Waals surface area contributed by atoms with Crippen LogP contribution in [0.4, 0.5) is 0 Å². The second kappa shape index (κ2) is 7.22. The van der Waals surface area contributed by atoms with Gasteiger partial charge in [0.2, 0.25) is 0 Å². The van der Waals surface area contributed by atoms with Gasteiger partial charge in [-0.1, -0.05) is 13.8 Å². The summed E-state index contributed by atoms with van der Waals surface area (Å²) < 4.78 is 5.47. The first kappa shape index (κ1) is 14.8. The van der Waals surface area contributed by atoms with Gasteiger partial charge in [0.05, 0.1) is 6.61 Å². The van der Waals surface area contributed by atoms with Crippen molar-refractivity contribution >= 4 is 5.91 Å². The second-order valence-electron chi connectivity index (χ2n) is 5.86. The van der Waals surface area contributed by atoms with Crippen LogP contribution in [0, 0.1) is 5.92 Å². The Kier molecular flexibility index (Phi) is 5.60. The number of morpholine rings is 1. The zero-order valence-corrected chi connectivity index (χ0v) is 12.2. The maximum Gasteiger partial charge on any atom is 0.250 e. The summed E-state index contributed by atoms with van der Waals surface area (Å²) in [6.07, 6.45) is 2.25. The lowest BCUT2D eigenvalue weighted by Crippen LogP contribution is -2.51. The standard InChI is InChI=1S/C14H27N3O2/c1-11(2)12(17-6-3-4-7-17)9-16-14(18)13-10-15-5-8-19-13/h11-13,15H,3-10H2,1-2H3,(H,16,18). The highest BCUT2D eigenvalue weighted by atomic mass is 16.5. The van der Waals surface area contributed by atoms with Crippen LogP contribution in [0.25, 0.3) is 0 Å². The molecule has 0 aromatic carbocycles. The van der Waals surface area contributed by atoms with Gasteiger partial charge in [0, 0.05) is 25.7 Å². The highest BCUT2D eigenvalue weighted by Crippen LogP contribution is 2.17. The number of hydrogen-bond acceptors (Lipinski definition) is 4. The number of nitrogens with one attached hydrogen (secondary N) is 2. The van der Waals surface area contributed by atoms with Crippen LogP contribution in [0.2, 0.25) is 0 Å². The molecule has 2 N–H and O–H groups in total. The molecular formula is C14H27N3O2. The number of ether oxygens (including phenoxy) is 1. The topological polar surface area (TPSA) is 53.6 Å². The summed E-state index contributed by atoms with van der Waals surface area (Å²) in [5, 5.41) is 6.25. The molecule has 2 aliphatic heterocycles. The van der Waals surface area contributed by atoms with Crippen LogP contribution in [0.3, 0.4) is 0 Å². The first-order chi connectivity index (χ1) is 9.18. The molecule has 0 aromatic heterocycles. The minimum absolute atomic E-state index is 0.0250. The van der Waals surface area contributed by atoms with Crippen molar-refractivity contribution in [2.75, 3.05) is 39.3 Å². The van der Waals surface area contributed by atoms with Crippen molar-refractivity contribution in [1.82, 2.24) is 15.5 Å². The lowest BCUT2D eigenvalue weighted by atomic mass is 10.0. The van der Waals surface area contributed by atoms with Gasteiger partial charge in [0.25, 0.3) is 5.91 Å². The summed E-state index contributed by atoms with van der Waals surface area (Å²) in [6, 6.07) is 0.447. The monoisotopic (exact) mass is 269 g/mol. The van der Waals surface area contributed by atoms with Crippen molar-refractivity contribution in [3.63, 3.8) is 0 Å². The Labute approximate surface area is 116 Å². The smallest absolute Gasteiger partial charge is 0.250 e. The minimum Gasteiger partial charge on any atom is -0.366 e. The van der Waals surface area contributed by atoms with E-state index in [1.54, 1.807) is 0 Å². The molecule has 110 valence electrons. The Morgan fingerprint density at radius 2 is 2.16 bits per heavy atom. The van der Waals surface area contributed by atoms with Crippen LogP contribution in [0.5, 0.6) is 0 Å². The third-order valence-corrected chi connectivity index (χ3v) is 4.08. The molecule has 2 fully saturated rings. The Bertz CT molecular complexity index is 284. The van der Waals surface area contributed by atoms with E-state index >= 15 is 0 Å². The number of nitrogens with zero attached hydrogens (tertiary/aromatic N) is 1. The summed E-state index contributed by atoms with van der Waals surface area (Å²) in [4.78, 5) is 14.6. The molecular weight excluding hydrogens is 242 g/mol. The molecule has 2 heterocycles. The van der Waals surface area contributed by atoms with Crippen LogP contribution in [-0.2, 0) is 9.53 Å². The van der Waals surface area contributed by atoms with Gasteiger partial charge in [0.1, 0.15) is 6.10 Å². The van der Waals surface area contributed by atoms with Crippen LogP contribution >= 0.6 is 0 Å². The fourth-order valence-electron chi connectivity index (χ4n) is 2.91. The molecule has 2 rings (SSSR count). The number of carbonyl (C=O) groups excluding carboxylic acids is 1. The molecule has 0 saturated carbocycles. The summed E-state index contributed by atoms with van der Waals surface area (Å²) in [6.45, 7) is 9.62. The quantitative estimate of drug-likeness (QED) is 0.749. The highest BCUT2D eigenvalue weighted by Gasteiger charge is 2.27. The summed E-state index contributed by atoms with van der Waals surface area (Å²) in [5.74, 6) is 0.584. The van der Waals surface area contributed by atoms with Crippen LogP contribution in [0.1, 0.15) is 26.7 Å². The Morgan fingerprint density at radius 3 is 2.74 bits per heavy atom. The van der Waals surface area contributed by atoms with E-state index in [2.05, 4.69) is 29.4 Å². The maximum absolute atomic E-state index is 12.0. The fraction of sp³-hybridized carbons (Fsp3) is 0.929. The molecule has 1 amide bonds. The van der Waals surface area contributed by atoms with E-state index in [9.17, 15) is 4.79 Å². The number of likely N-dealkylation sites (tertiary alicyclic amines) is 1. The van der Waals surface area contributed by atoms with E-state index in [4.69, 9.17) is 4.74 Å². The Morgan fingerprint density at radius 1 is 1.42 bits per heavy atom. The molecule has 5 nitrogen and oxygen atoms in total. The van der Waals surface area contributed by atoms with Crippen molar-refractivity contribution in [3.05, 3.63) is 0 Å². The molecule has 0 spiro atoms. The van der Waals surface area contributed by atoms with Crippen LogP contribution in [-0.4, -0.2) is 62.3 Å². The van der Waals surface area contributed by atoms with Gasteiger partial charge < -0.3 is 15.4 Å². The average Bonchev–Trinajstić information content (AvgIpc) is 2.93. The summed E-state index contributed by atoms with van der Waals surface area (Å²) in [5.41, 5.74) is 0. The normalized spacial score (nSPS) is 26.6. The fourth-order valence-corrected chi connectivity index (χ4v) is 2.91. The van der Waals surface area contributed by atoms with Crippen molar-refractivity contribution < 1.29 is 9.53 Å². The maximum atomic E-state index is 12.0. The number of hydrogen-bond donors (Lipinski definition) is 2. The lowest BCUT2D eigenvalue weighted by Gasteiger charge is -2.32. The van der Waals surface area contributed by atoms with Gasteiger partial charge in [-0.3, -0.25) is 9.69 Å². The second-order valence-corrected chi connectivity index (χ2v) is 5.86. The highest BCUT2D eigenvalue weighted by molar-refractivity contribution is 5.81. The van der Waals surface area contributed by atoms with E-state index in [1.807, 2.05) is 0 Å². The van der Waals surface area contributed by atoms with Gasteiger partial charge in [-0.2, -0.15) is 0 Å². The Hall–Kier alpha value is -0.650. The van der Waals surface area contributed by atoms with E-state index in [0.717, 1.165) is 13.1 Å². The predicted molar refractivity (Wildman–Crippen MR) is 75.1 cm³/mol. The van der Waals surface area contributed by atoms with E-state index in [-0.39, 0.29) is 12.0 Å². The van der Waals surface area contributed by atoms with E-state index in [1.165, 1.54) is 25.9 Å². The molecule has 0 radical (unpaired) electrons. The largest absolute Gasteiger partial charge is 0.366 e. The lowest BCUT2D eigenvalue weighted by molar-refractivity contribution is -0.134. The van der Waals surface area contributed by atoms with Crippen molar-refractivity contribution in [2.24, 2.45) is 5.92 Å². The predicted octanol–water partition coefficient (Wildman–Crippen LogP) is 0.211. The molecule has 5 heteroatoms.